The average molecular weight is 429 g/mol. The number of thioether (sulfide) groups is 2. The minimum Gasteiger partial charge on any atom is -0.468 e. The van der Waals surface area contributed by atoms with Crippen molar-refractivity contribution in [3.63, 3.8) is 0 Å². The van der Waals surface area contributed by atoms with Crippen LogP contribution in [-0.4, -0.2) is 17.4 Å². The summed E-state index contributed by atoms with van der Waals surface area (Å²) in [5.74, 6) is 3.98. The summed E-state index contributed by atoms with van der Waals surface area (Å²) in [7, 11) is 0. The number of anilines is 1. The largest absolute Gasteiger partial charge is 0.468 e. The van der Waals surface area contributed by atoms with E-state index in [-0.39, 0.29) is 0 Å². The number of nitrogens with one attached hydrogen (secondary N) is 2. The van der Waals surface area contributed by atoms with E-state index < -0.39 is 0 Å². The molecule has 1 heterocycles. The first-order valence-electron chi connectivity index (χ1n) is 9.21. The van der Waals surface area contributed by atoms with Crippen molar-refractivity contribution in [3.8, 4) is 0 Å². The van der Waals surface area contributed by atoms with Crippen LogP contribution in [0, 0.1) is 0 Å². The van der Waals surface area contributed by atoms with Gasteiger partial charge in [-0.2, -0.15) is 11.8 Å². The quantitative estimate of drug-likeness (QED) is 0.228. The predicted octanol–water partition coefficient (Wildman–Crippen LogP) is 6.18. The Morgan fingerprint density at radius 3 is 2.50 bits per heavy atom. The lowest BCUT2D eigenvalue weighted by Gasteiger charge is -2.11. The fourth-order valence-electron chi connectivity index (χ4n) is 2.49. The molecule has 3 nitrogen and oxygen atoms in total. The van der Waals surface area contributed by atoms with Crippen LogP contribution in [0.15, 0.2) is 82.3 Å². The molecule has 3 aromatic rings. The normalized spacial score (nSPS) is 10.6. The molecule has 0 unspecified atom stereocenters. The van der Waals surface area contributed by atoms with Gasteiger partial charge in [-0.15, -0.1) is 11.8 Å². The maximum absolute atomic E-state index is 5.38. The lowest BCUT2D eigenvalue weighted by atomic mass is 10.2. The molecule has 146 valence electrons. The fourth-order valence-corrected chi connectivity index (χ4v) is 4.44. The second-order valence-electron chi connectivity index (χ2n) is 6.17. The minimum absolute atomic E-state index is 0.669. The summed E-state index contributed by atoms with van der Waals surface area (Å²) in [6, 6.07) is 22.8. The topological polar surface area (TPSA) is 37.2 Å². The number of rotatable bonds is 10. The first-order valence-corrected chi connectivity index (χ1v) is 11.8. The maximum atomic E-state index is 5.38. The highest BCUT2D eigenvalue weighted by Gasteiger charge is 2.00. The molecule has 6 heteroatoms. The van der Waals surface area contributed by atoms with Gasteiger partial charge in [0.25, 0.3) is 0 Å². The minimum atomic E-state index is 0.669. The summed E-state index contributed by atoms with van der Waals surface area (Å²) in [5.41, 5.74) is 2.31. The molecule has 2 aromatic carbocycles. The molecule has 1 aromatic heterocycles. The van der Waals surface area contributed by atoms with Crippen LogP contribution in [0.4, 0.5) is 5.69 Å². The number of furan rings is 1. The van der Waals surface area contributed by atoms with Gasteiger partial charge < -0.3 is 15.1 Å². The molecule has 3 rings (SSSR count). The molecule has 0 atom stereocenters. The van der Waals surface area contributed by atoms with E-state index in [0.29, 0.717) is 5.11 Å². The third-order valence-corrected chi connectivity index (χ3v) is 6.33. The summed E-state index contributed by atoms with van der Waals surface area (Å²) >= 11 is 9.09. The Morgan fingerprint density at radius 1 is 0.929 bits per heavy atom. The van der Waals surface area contributed by atoms with Crippen LogP contribution in [0.3, 0.4) is 0 Å². The van der Waals surface area contributed by atoms with Crippen molar-refractivity contribution >= 4 is 46.5 Å². The summed E-state index contributed by atoms with van der Waals surface area (Å²) in [6.45, 7) is 0.864. The smallest absolute Gasteiger partial charge is 0.170 e. The van der Waals surface area contributed by atoms with Crippen molar-refractivity contribution in [2.75, 3.05) is 17.6 Å². The van der Waals surface area contributed by atoms with Crippen molar-refractivity contribution in [2.45, 2.75) is 22.8 Å². The van der Waals surface area contributed by atoms with E-state index in [1.54, 1.807) is 6.26 Å². The first kappa shape index (κ1) is 20.8. The average Bonchev–Trinajstić information content (AvgIpc) is 3.24. The third kappa shape index (κ3) is 7.62. The second-order valence-corrected chi connectivity index (χ2v) is 8.73. The lowest BCUT2D eigenvalue weighted by molar-refractivity contribution is 0.530. The Bertz CT molecular complexity index is 821. The highest BCUT2D eigenvalue weighted by molar-refractivity contribution is 7.98. The Morgan fingerprint density at radius 2 is 1.75 bits per heavy atom. The van der Waals surface area contributed by atoms with Crippen molar-refractivity contribution in [1.82, 2.24) is 5.32 Å². The molecular weight excluding hydrogens is 404 g/mol. The number of benzene rings is 2. The van der Waals surface area contributed by atoms with Gasteiger partial charge in [0.05, 0.1) is 12.0 Å². The van der Waals surface area contributed by atoms with E-state index in [2.05, 4.69) is 59.2 Å². The molecule has 0 radical (unpaired) electrons. The molecule has 0 saturated heterocycles. The standard InChI is InChI=1S/C22H24N2OS3/c26-22(23-13-5-15-27-17-20-6-4-14-25-20)24-19-11-9-18(10-12-19)16-28-21-7-2-1-3-8-21/h1-4,6-12,14H,5,13,15-17H2,(H2,23,24,26). The fraction of sp³-hybridized carbons (Fsp3) is 0.227. The van der Waals surface area contributed by atoms with E-state index in [4.69, 9.17) is 16.6 Å². The van der Waals surface area contributed by atoms with Crippen molar-refractivity contribution in [3.05, 3.63) is 84.3 Å². The zero-order chi connectivity index (χ0) is 19.4. The summed E-state index contributed by atoms with van der Waals surface area (Å²) in [5, 5.41) is 7.18. The second kappa shape index (κ2) is 11.8. The van der Waals surface area contributed by atoms with E-state index >= 15 is 0 Å². The van der Waals surface area contributed by atoms with Crippen LogP contribution in [0.1, 0.15) is 17.7 Å². The van der Waals surface area contributed by atoms with Crippen LogP contribution in [0.25, 0.3) is 0 Å². The molecule has 0 aliphatic carbocycles. The van der Waals surface area contributed by atoms with Crippen molar-refractivity contribution < 1.29 is 4.42 Å². The molecule has 0 aliphatic rings. The van der Waals surface area contributed by atoms with Gasteiger partial charge in [0.1, 0.15) is 5.76 Å². The number of hydrogen-bond acceptors (Lipinski definition) is 4. The summed E-state index contributed by atoms with van der Waals surface area (Å²) in [4.78, 5) is 1.29. The molecule has 0 amide bonds. The Balaban J connectivity index is 1.29. The number of thiocarbonyl (C=S) groups is 1. The molecule has 2 N–H and O–H groups in total. The van der Waals surface area contributed by atoms with Crippen LogP contribution < -0.4 is 10.6 Å². The molecule has 0 aliphatic heterocycles. The number of hydrogen-bond donors (Lipinski definition) is 2. The lowest BCUT2D eigenvalue weighted by Crippen LogP contribution is -2.29. The molecule has 0 bridgehead atoms. The predicted molar refractivity (Wildman–Crippen MR) is 126 cm³/mol. The van der Waals surface area contributed by atoms with Crippen LogP contribution >= 0.6 is 35.7 Å². The van der Waals surface area contributed by atoms with Gasteiger partial charge in [0.2, 0.25) is 0 Å². The Labute approximate surface area is 180 Å². The SMILES string of the molecule is S=C(NCCCSCc1ccco1)Nc1ccc(CSc2ccccc2)cc1. The zero-order valence-corrected chi connectivity index (χ0v) is 18.0. The van der Waals surface area contributed by atoms with E-state index in [9.17, 15) is 0 Å². The Kier molecular flexibility index (Phi) is 8.81. The molecule has 0 spiro atoms. The van der Waals surface area contributed by atoms with Gasteiger partial charge in [-0.3, -0.25) is 0 Å². The van der Waals surface area contributed by atoms with E-state index in [0.717, 1.165) is 41.7 Å². The van der Waals surface area contributed by atoms with E-state index in [1.807, 2.05) is 41.7 Å². The van der Waals surface area contributed by atoms with Gasteiger partial charge in [-0.05, 0) is 66.4 Å². The molecule has 0 fully saturated rings. The summed E-state index contributed by atoms with van der Waals surface area (Å²) in [6.07, 6.45) is 2.78. The summed E-state index contributed by atoms with van der Waals surface area (Å²) < 4.78 is 5.32. The molecular formula is C22H24N2OS3. The molecule has 28 heavy (non-hydrogen) atoms. The monoisotopic (exact) mass is 428 g/mol. The maximum Gasteiger partial charge on any atom is 0.170 e. The van der Waals surface area contributed by atoms with Gasteiger partial charge in [0, 0.05) is 22.9 Å². The van der Waals surface area contributed by atoms with Crippen molar-refractivity contribution in [2.24, 2.45) is 0 Å². The zero-order valence-electron chi connectivity index (χ0n) is 15.6. The Hall–Kier alpha value is -1.89. The highest BCUT2D eigenvalue weighted by Crippen LogP contribution is 2.23. The van der Waals surface area contributed by atoms with Gasteiger partial charge in [0.15, 0.2) is 5.11 Å². The van der Waals surface area contributed by atoms with Gasteiger partial charge in [-0.25, -0.2) is 0 Å². The van der Waals surface area contributed by atoms with Crippen molar-refractivity contribution in [1.29, 1.82) is 0 Å². The van der Waals surface area contributed by atoms with Crippen LogP contribution in [0.2, 0.25) is 0 Å². The highest BCUT2D eigenvalue weighted by atomic mass is 32.2. The third-order valence-electron chi connectivity index (χ3n) is 3.94. The van der Waals surface area contributed by atoms with Gasteiger partial charge >= 0.3 is 0 Å². The molecule has 0 saturated carbocycles. The van der Waals surface area contributed by atoms with Crippen LogP contribution in [-0.2, 0) is 11.5 Å². The van der Waals surface area contributed by atoms with Gasteiger partial charge in [-0.1, -0.05) is 30.3 Å². The van der Waals surface area contributed by atoms with Crippen LogP contribution in [0.5, 0.6) is 0 Å². The van der Waals surface area contributed by atoms with E-state index in [1.165, 1.54) is 10.5 Å². The first-order chi connectivity index (χ1) is 13.8.